The van der Waals surface area contributed by atoms with Crippen molar-refractivity contribution in [2.75, 3.05) is 17.2 Å². The van der Waals surface area contributed by atoms with Gasteiger partial charge in [0.15, 0.2) is 18.2 Å². The largest absolute Gasteiger partial charge is 0.452 e. The number of carbonyl (C=O) groups excluding carboxylic acids is 3. The maximum absolute atomic E-state index is 13.0. The summed E-state index contributed by atoms with van der Waals surface area (Å²) in [5, 5.41) is 4.82. The van der Waals surface area contributed by atoms with E-state index in [1.165, 1.54) is 37.3 Å². The monoisotopic (exact) mass is 348 g/mol. The van der Waals surface area contributed by atoms with Gasteiger partial charge in [0, 0.05) is 24.4 Å². The van der Waals surface area contributed by atoms with Crippen molar-refractivity contribution in [3.63, 3.8) is 0 Å². The molecule has 0 aliphatic heterocycles. The Balaban J connectivity index is 1.87. The van der Waals surface area contributed by atoms with E-state index < -0.39 is 30.1 Å². The fraction of sp³-hybridized carbons (Fsp3) is 0.118. The van der Waals surface area contributed by atoms with Crippen LogP contribution >= 0.6 is 0 Å². The number of esters is 1. The van der Waals surface area contributed by atoms with E-state index in [0.717, 1.165) is 12.1 Å². The Hall–Kier alpha value is -3.29. The molecular formula is C17H14F2N2O4. The summed E-state index contributed by atoms with van der Waals surface area (Å²) in [4.78, 5) is 34.4. The van der Waals surface area contributed by atoms with Crippen molar-refractivity contribution < 1.29 is 27.9 Å². The zero-order chi connectivity index (χ0) is 18.4. The maximum atomic E-state index is 13.0. The minimum Gasteiger partial charge on any atom is -0.452 e. The van der Waals surface area contributed by atoms with Crippen LogP contribution in [-0.4, -0.2) is 24.4 Å². The number of carbonyl (C=O) groups is 3. The van der Waals surface area contributed by atoms with E-state index in [1.807, 2.05) is 0 Å². The van der Waals surface area contributed by atoms with Gasteiger partial charge in [-0.25, -0.2) is 13.6 Å². The molecule has 0 fully saturated rings. The summed E-state index contributed by atoms with van der Waals surface area (Å²) >= 11 is 0. The molecule has 2 rings (SSSR count). The molecule has 2 amide bonds. The molecule has 0 bridgehead atoms. The predicted molar refractivity (Wildman–Crippen MR) is 86.0 cm³/mol. The van der Waals surface area contributed by atoms with Crippen LogP contribution in [0.1, 0.15) is 17.3 Å². The Morgan fingerprint density at radius 1 is 0.920 bits per heavy atom. The van der Waals surface area contributed by atoms with E-state index in [2.05, 4.69) is 10.6 Å². The van der Waals surface area contributed by atoms with Crippen LogP contribution in [0.15, 0.2) is 42.5 Å². The number of benzene rings is 2. The minimum absolute atomic E-state index is 0.0413. The number of anilines is 2. The Morgan fingerprint density at radius 3 is 2.16 bits per heavy atom. The molecule has 8 heteroatoms. The molecule has 0 aliphatic carbocycles. The molecule has 0 aliphatic rings. The van der Waals surface area contributed by atoms with E-state index in [9.17, 15) is 23.2 Å². The van der Waals surface area contributed by atoms with Crippen molar-refractivity contribution in [1.29, 1.82) is 0 Å². The minimum atomic E-state index is -1.10. The lowest BCUT2D eigenvalue weighted by molar-refractivity contribution is -0.119. The van der Waals surface area contributed by atoms with Crippen molar-refractivity contribution >= 4 is 29.2 Å². The molecule has 0 saturated carbocycles. The third-order valence-corrected chi connectivity index (χ3v) is 2.98. The normalized spacial score (nSPS) is 10.0. The van der Waals surface area contributed by atoms with Gasteiger partial charge in [0.05, 0.1) is 5.56 Å². The highest BCUT2D eigenvalue weighted by Gasteiger charge is 2.11. The molecule has 130 valence electrons. The Labute approximate surface area is 141 Å². The molecule has 2 N–H and O–H groups in total. The average Bonchev–Trinajstić information content (AvgIpc) is 2.56. The lowest BCUT2D eigenvalue weighted by Gasteiger charge is -2.07. The van der Waals surface area contributed by atoms with Crippen molar-refractivity contribution in [2.24, 2.45) is 0 Å². The first-order valence-electron chi connectivity index (χ1n) is 7.15. The third kappa shape index (κ3) is 5.38. The summed E-state index contributed by atoms with van der Waals surface area (Å²) in [6, 6.07) is 8.75. The molecule has 0 atom stereocenters. The van der Waals surface area contributed by atoms with Crippen LogP contribution in [0.2, 0.25) is 0 Å². The fourth-order valence-electron chi connectivity index (χ4n) is 1.88. The molecule has 0 spiro atoms. The summed E-state index contributed by atoms with van der Waals surface area (Å²) in [5.74, 6) is -3.82. The van der Waals surface area contributed by atoms with Gasteiger partial charge in [0.2, 0.25) is 5.91 Å². The van der Waals surface area contributed by atoms with Crippen molar-refractivity contribution in [3.05, 3.63) is 59.7 Å². The smallest absolute Gasteiger partial charge is 0.338 e. The van der Waals surface area contributed by atoms with E-state index in [4.69, 9.17) is 4.74 Å². The van der Waals surface area contributed by atoms with E-state index in [0.29, 0.717) is 5.69 Å². The van der Waals surface area contributed by atoms with E-state index >= 15 is 0 Å². The van der Waals surface area contributed by atoms with E-state index in [1.54, 1.807) is 0 Å². The van der Waals surface area contributed by atoms with Crippen LogP contribution in [0.5, 0.6) is 0 Å². The first-order chi connectivity index (χ1) is 11.8. The van der Waals surface area contributed by atoms with Gasteiger partial charge in [-0.2, -0.15) is 0 Å². The molecule has 6 nitrogen and oxygen atoms in total. The average molecular weight is 348 g/mol. The summed E-state index contributed by atoms with van der Waals surface area (Å²) in [6.45, 7) is 0.763. The number of rotatable bonds is 5. The highest BCUT2D eigenvalue weighted by molar-refractivity contribution is 5.96. The Kier molecular flexibility index (Phi) is 5.78. The van der Waals surface area contributed by atoms with Gasteiger partial charge in [0.1, 0.15) is 0 Å². The lowest BCUT2D eigenvalue weighted by Crippen LogP contribution is -2.21. The summed E-state index contributed by atoms with van der Waals surface area (Å²) in [7, 11) is 0. The standard InChI is InChI=1S/C17H14F2N2O4/c1-10(22)20-12-4-2-11(3-5-12)17(24)25-9-16(23)21-13-6-7-14(18)15(19)8-13/h2-8H,9H2,1H3,(H,20,22)(H,21,23). The van der Waals surface area contributed by atoms with Gasteiger partial charge < -0.3 is 15.4 Å². The maximum Gasteiger partial charge on any atom is 0.338 e. The Bertz CT molecular complexity index is 807. The first-order valence-corrected chi connectivity index (χ1v) is 7.15. The van der Waals surface area contributed by atoms with Crippen molar-refractivity contribution in [3.8, 4) is 0 Å². The molecule has 25 heavy (non-hydrogen) atoms. The Morgan fingerprint density at radius 2 is 1.56 bits per heavy atom. The molecule has 2 aromatic carbocycles. The summed E-state index contributed by atoms with van der Waals surface area (Å²) < 4.78 is 30.7. The number of hydrogen-bond acceptors (Lipinski definition) is 4. The highest BCUT2D eigenvalue weighted by atomic mass is 19.2. The number of halogens is 2. The second-order valence-corrected chi connectivity index (χ2v) is 5.01. The predicted octanol–water partition coefficient (Wildman–Crippen LogP) is 2.72. The molecule has 2 aromatic rings. The van der Waals surface area contributed by atoms with Gasteiger partial charge in [-0.3, -0.25) is 9.59 Å². The van der Waals surface area contributed by atoms with Gasteiger partial charge in [0.25, 0.3) is 5.91 Å². The van der Waals surface area contributed by atoms with Gasteiger partial charge in [-0.15, -0.1) is 0 Å². The molecule has 0 saturated heterocycles. The number of hydrogen-bond donors (Lipinski definition) is 2. The zero-order valence-corrected chi connectivity index (χ0v) is 13.1. The zero-order valence-electron chi connectivity index (χ0n) is 13.1. The number of amides is 2. The fourth-order valence-corrected chi connectivity index (χ4v) is 1.88. The second-order valence-electron chi connectivity index (χ2n) is 5.01. The van der Waals surface area contributed by atoms with Crippen LogP contribution in [0.4, 0.5) is 20.2 Å². The van der Waals surface area contributed by atoms with Crippen molar-refractivity contribution in [1.82, 2.24) is 0 Å². The van der Waals surface area contributed by atoms with Crippen LogP contribution in [0.25, 0.3) is 0 Å². The second kappa shape index (κ2) is 8.00. The highest BCUT2D eigenvalue weighted by Crippen LogP contribution is 2.13. The van der Waals surface area contributed by atoms with Gasteiger partial charge in [-0.1, -0.05) is 0 Å². The van der Waals surface area contributed by atoms with Crippen LogP contribution in [-0.2, 0) is 14.3 Å². The van der Waals surface area contributed by atoms with Crippen molar-refractivity contribution in [2.45, 2.75) is 6.92 Å². The number of ether oxygens (including phenoxy) is 1. The first kappa shape index (κ1) is 18.1. The van der Waals surface area contributed by atoms with E-state index in [-0.39, 0.29) is 17.2 Å². The molecule has 0 heterocycles. The van der Waals surface area contributed by atoms with Crippen LogP contribution < -0.4 is 10.6 Å². The quantitative estimate of drug-likeness (QED) is 0.814. The van der Waals surface area contributed by atoms with Gasteiger partial charge in [-0.05, 0) is 36.4 Å². The van der Waals surface area contributed by atoms with Crippen LogP contribution in [0.3, 0.4) is 0 Å². The van der Waals surface area contributed by atoms with Gasteiger partial charge >= 0.3 is 5.97 Å². The summed E-state index contributed by atoms with van der Waals surface area (Å²) in [6.07, 6.45) is 0. The lowest BCUT2D eigenvalue weighted by atomic mass is 10.2. The van der Waals surface area contributed by atoms with Crippen LogP contribution in [0, 0.1) is 11.6 Å². The topological polar surface area (TPSA) is 84.5 Å². The molecule has 0 aromatic heterocycles. The molecule has 0 radical (unpaired) electrons. The summed E-state index contributed by atoms with van der Waals surface area (Å²) in [5.41, 5.74) is 0.745. The number of nitrogens with one attached hydrogen (secondary N) is 2. The third-order valence-electron chi connectivity index (χ3n) is 2.98. The SMILES string of the molecule is CC(=O)Nc1ccc(C(=O)OCC(=O)Nc2ccc(F)c(F)c2)cc1. The molecule has 0 unspecified atom stereocenters. The molecular weight excluding hydrogens is 334 g/mol.